The summed E-state index contributed by atoms with van der Waals surface area (Å²) in [5.74, 6) is -0.00281. The molecule has 0 unspecified atom stereocenters. The number of ether oxygens (including phenoxy) is 2. The maximum absolute atomic E-state index is 12.5. The van der Waals surface area contributed by atoms with Gasteiger partial charge in [0, 0.05) is 43.7 Å². The molecule has 8 nitrogen and oxygen atoms in total. The lowest BCUT2D eigenvalue weighted by molar-refractivity contribution is 0.000518. The number of piperazine rings is 1. The Morgan fingerprint density at radius 3 is 2.59 bits per heavy atom. The van der Waals surface area contributed by atoms with Crippen molar-refractivity contribution in [3.63, 3.8) is 0 Å². The van der Waals surface area contributed by atoms with Gasteiger partial charge in [-0.3, -0.25) is 4.90 Å². The molecule has 0 N–H and O–H groups in total. The van der Waals surface area contributed by atoms with Crippen molar-refractivity contribution in [1.29, 1.82) is 0 Å². The molecule has 9 heteroatoms. The molecule has 0 aliphatic carbocycles. The van der Waals surface area contributed by atoms with Crippen LogP contribution >= 0.6 is 11.6 Å². The third-order valence-corrected chi connectivity index (χ3v) is 5.91. The lowest BCUT2D eigenvalue weighted by atomic mass is 9.99. The largest absolute Gasteiger partial charge is 0.460 e. The summed E-state index contributed by atoms with van der Waals surface area (Å²) >= 11 is 6.44. The Balaban J connectivity index is 1.67. The highest BCUT2D eigenvalue weighted by Gasteiger charge is 2.31. The Morgan fingerprint density at radius 2 is 1.94 bits per heavy atom. The van der Waals surface area contributed by atoms with E-state index < -0.39 is 11.6 Å². The van der Waals surface area contributed by atoms with Crippen LogP contribution in [0.4, 0.5) is 4.79 Å². The van der Waals surface area contributed by atoms with E-state index in [0.29, 0.717) is 30.4 Å². The molecule has 1 amide bonds. The van der Waals surface area contributed by atoms with Crippen molar-refractivity contribution in [2.45, 2.75) is 66.2 Å². The smallest absolute Gasteiger partial charge is 0.410 e. The highest BCUT2D eigenvalue weighted by Crippen LogP contribution is 2.26. The number of nitrogens with zero attached hydrogens (tertiary/aromatic N) is 3. The molecule has 1 fully saturated rings. The number of aromatic nitrogens is 1. The molecule has 34 heavy (non-hydrogen) atoms. The average molecular weight is 492 g/mol. The highest BCUT2D eigenvalue weighted by molar-refractivity contribution is 6.30. The van der Waals surface area contributed by atoms with E-state index in [1.807, 2.05) is 39.8 Å². The summed E-state index contributed by atoms with van der Waals surface area (Å²) in [6.07, 6.45) is 1.54. The van der Waals surface area contributed by atoms with Gasteiger partial charge in [-0.1, -0.05) is 11.6 Å². The van der Waals surface area contributed by atoms with Crippen molar-refractivity contribution < 1.29 is 23.5 Å². The fourth-order valence-corrected chi connectivity index (χ4v) is 4.27. The van der Waals surface area contributed by atoms with Gasteiger partial charge in [0.25, 0.3) is 0 Å². The Morgan fingerprint density at radius 1 is 1.24 bits per heavy atom. The molecule has 1 aromatic heterocycles. The fourth-order valence-electron chi connectivity index (χ4n) is 4.01. The molecule has 0 saturated carbocycles. The minimum absolute atomic E-state index is 0.0381. The molecule has 1 aliphatic rings. The second-order valence-electron chi connectivity index (χ2n) is 9.62. The van der Waals surface area contributed by atoms with Crippen molar-refractivity contribution >= 4 is 23.7 Å². The quantitative estimate of drug-likeness (QED) is 0.534. The van der Waals surface area contributed by atoms with Crippen molar-refractivity contribution in [2.75, 3.05) is 26.2 Å². The monoisotopic (exact) mass is 491 g/mol. The number of rotatable bonds is 6. The zero-order valence-electron chi connectivity index (χ0n) is 20.8. The number of amides is 1. The van der Waals surface area contributed by atoms with E-state index in [9.17, 15) is 9.59 Å². The molecule has 1 aliphatic heterocycles. The first kappa shape index (κ1) is 26.0. The van der Waals surface area contributed by atoms with Gasteiger partial charge in [0.05, 0.1) is 12.8 Å². The van der Waals surface area contributed by atoms with Gasteiger partial charge < -0.3 is 18.8 Å². The molecular weight excluding hydrogens is 458 g/mol. The molecule has 1 atom stereocenters. The van der Waals surface area contributed by atoms with Gasteiger partial charge in [-0.15, -0.1) is 0 Å². The van der Waals surface area contributed by atoms with Crippen molar-refractivity contribution in [3.05, 3.63) is 51.7 Å². The van der Waals surface area contributed by atoms with Crippen LogP contribution in [0.15, 0.2) is 22.7 Å². The van der Waals surface area contributed by atoms with Crippen molar-refractivity contribution in [3.8, 4) is 0 Å². The number of hydrogen-bond acceptors (Lipinski definition) is 7. The number of hydrogen-bond donors (Lipinski definition) is 0. The van der Waals surface area contributed by atoms with E-state index >= 15 is 0 Å². The number of halogens is 1. The Kier molecular flexibility index (Phi) is 8.25. The van der Waals surface area contributed by atoms with E-state index in [1.165, 1.54) is 6.20 Å². The maximum atomic E-state index is 12.5. The van der Waals surface area contributed by atoms with E-state index in [2.05, 4.69) is 16.8 Å². The summed E-state index contributed by atoms with van der Waals surface area (Å²) in [7, 11) is 0. The minimum atomic E-state index is -0.524. The number of benzene rings is 1. The molecule has 186 valence electrons. The maximum Gasteiger partial charge on any atom is 0.410 e. The topological polar surface area (TPSA) is 85.1 Å². The molecule has 3 rings (SSSR count). The summed E-state index contributed by atoms with van der Waals surface area (Å²) < 4.78 is 16.1. The third kappa shape index (κ3) is 6.73. The lowest BCUT2D eigenvalue weighted by Crippen LogP contribution is -2.54. The van der Waals surface area contributed by atoms with E-state index in [1.54, 1.807) is 11.8 Å². The first-order valence-electron chi connectivity index (χ1n) is 11.6. The van der Waals surface area contributed by atoms with Crippen LogP contribution < -0.4 is 0 Å². The average Bonchev–Trinajstić information content (AvgIpc) is 3.19. The van der Waals surface area contributed by atoms with Crippen LogP contribution in [0.5, 0.6) is 0 Å². The molecule has 0 spiro atoms. The van der Waals surface area contributed by atoms with Crippen LogP contribution in [0.1, 0.15) is 67.8 Å². The van der Waals surface area contributed by atoms with Crippen LogP contribution in [-0.2, 0) is 22.4 Å². The molecular formula is C25H34ClN3O5. The number of oxazole rings is 1. The summed E-state index contributed by atoms with van der Waals surface area (Å²) in [5.41, 5.74) is 2.68. The van der Waals surface area contributed by atoms with Crippen LogP contribution in [0, 0.1) is 6.92 Å². The third-order valence-electron chi connectivity index (χ3n) is 5.69. The van der Waals surface area contributed by atoms with Gasteiger partial charge in [0.1, 0.15) is 5.60 Å². The van der Waals surface area contributed by atoms with Gasteiger partial charge in [-0.2, -0.15) is 0 Å². The van der Waals surface area contributed by atoms with Crippen LogP contribution in [0.25, 0.3) is 0 Å². The lowest BCUT2D eigenvalue weighted by Gasteiger charge is -2.40. The first-order chi connectivity index (χ1) is 16.0. The fraction of sp³-hybridized carbons (Fsp3) is 0.560. The van der Waals surface area contributed by atoms with Crippen LogP contribution in [0.2, 0.25) is 5.02 Å². The first-order valence-corrected chi connectivity index (χ1v) is 12.0. The van der Waals surface area contributed by atoms with Gasteiger partial charge in [0.15, 0.2) is 5.89 Å². The highest BCUT2D eigenvalue weighted by atomic mass is 35.5. The summed E-state index contributed by atoms with van der Waals surface area (Å²) in [6, 6.07) is 3.92. The van der Waals surface area contributed by atoms with Crippen LogP contribution in [0.3, 0.4) is 0 Å². The second-order valence-corrected chi connectivity index (χ2v) is 10.1. The zero-order valence-corrected chi connectivity index (χ0v) is 21.6. The summed E-state index contributed by atoms with van der Waals surface area (Å²) in [6.45, 7) is 14.5. The van der Waals surface area contributed by atoms with E-state index in [4.69, 9.17) is 25.5 Å². The number of carbonyl (C=O) groups excluding carboxylic acids is 2. The standard InChI is InChI=1S/C25H34ClN3O5/c1-7-32-23(30)21-13-27-22(33-21)12-18-10-20(26)11-19(17(18)3)15-28-8-9-29(16(2)14-28)24(31)34-25(4,5)6/h10-11,13,16H,7-9,12,14-15H2,1-6H3/t16-/m0/s1. The molecule has 1 aromatic carbocycles. The minimum Gasteiger partial charge on any atom is -0.460 e. The van der Waals surface area contributed by atoms with Gasteiger partial charge in [0.2, 0.25) is 5.76 Å². The molecule has 2 heterocycles. The Hall–Kier alpha value is -2.58. The van der Waals surface area contributed by atoms with Gasteiger partial charge in [-0.25, -0.2) is 14.6 Å². The van der Waals surface area contributed by atoms with E-state index in [0.717, 1.165) is 29.8 Å². The summed E-state index contributed by atoms with van der Waals surface area (Å²) in [5, 5.41) is 0.633. The Bertz CT molecular complexity index is 1030. The normalized spacial score (nSPS) is 17.0. The number of esters is 1. The SMILES string of the molecule is CCOC(=O)c1cnc(Cc2cc(Cl)cc(CN3CCN(C(=O)OC(C)(C)C)[C@@H](C)C3)c2C)o1. The van der Waals surface area contributed by atoms with Crippen molar-refractivity contribution in [1.82, 2.24) is 14.8 Å². The zero-order chi connectivity index (χ0) is 25.0. The van der Waals surface area contributed by atoms with Gasteiger partial charge >= 0.3 is 12.1 Å². The predicted octanol–water partition coefficient (Wildman–Crippen LogP) is 4.85. The molecule has 0 radical (unpaired) electrons. The van der Waals surface area contributed by atoms with Crippen molar-refractivity contribution in [2.24, 2.45) is 0 Å². The molecule has 1 saturated heterocycles. The van der Waals surface area contributed by atoms with Crippen LogP contribution in [-0.4, -0.2) is 64.7 Å². The second kappa shape index (κ2) is 10.8. The predicted molar refractivity (Wildman–Crippen MR) is 129 cm³/mol. The summed E-state index contributed by atoms with van der Waals surface area (Å²) in [4.78, 5) is 32.7. The Labute approximate surface area is 206 Å². The molecule has 2 aromatic rings. The molecule has 0 bridgehead atoms. The van der Waals surface area contributed by atoms with E-state index in [-0.39, 0.29) is 24.5 Å². The number of carbonyl (C=O) groups is 2. The van der Waals surface area contributed by atoms with Gasteiger partial charge in [-0.05, 0) is 70.4 Å².